The van der Waals surface area contributed by atoms with Gasteiger partial charge in [0, 0.05) is 17.8 Å². The van der Waals surface area contributed by atoms with Crippen LogP contribution < -0.4 is 0 Å². The van der Waals surface area contributed by atoms with Crippen LogP contribution in [0.25, 0.3) is 0 Å². The summed E-state index contributed by atoms with van der Waals surface area (Å²) in [5, 5.41) is 10.3. The molecule has 5 nitrogen and oxygen atoms in total. The second-order valence-electron chi connectivity index (χ2n) is 2.56. The highest BCUT2D eigenvalue weighted by Crippen LogP contribution is 2.30. The van der Waals surface area contributed by atoms with Gasteiger partial charge in [0.2, 0.25) is 0 Å². The Hall–Kier alpha value is -1.49. The Labute approximate surface area is 68.1 Å². The molecule has 0 spiro atoms. The number of epoxide rings is 1. The summed E-state index contributed by atoms with van der Waals surface area (Å²) in [6.07, 6.45) is 2.84. The van der Waals surface area contributed by atoms with E-state index in [0.29, 0.717) is 6.61 Å². The normalized spacial score (nSPS) is 20.5. The molecule has 2 rings (SSSR count). The van der Waals surface area contributed by atoms with Crippen molar-refractivity contribution < 1.29 is 9.66 Å². The summed E-state index contributed by atoms with van der Waals surface area (Å²) in [5.74, 6) is 0. The topological polar surface area (TPSA) is 68.6 Å². The lowest BCUT2D eigenvalue weighted by atomic mass is 10.2. The van der Waals surface area contributed by atoms with Gasteiger partial charge in [0.25, 0.3) is 5.69 Å². The van der Waals surface area contributed by atoms with Crippen LogP contribution in [-0.4, -0.2) is 16.5 Å². The Morgan fingerprint density at radius 2 is 2.42 bits per heavy atom. The molecule has 0 radical (unpaired) electrons. The van der Waals surface area contributed by atoms with Crippen LogP contribution in [-0.2, 0) is 4.74 Å². The lowest BCUT2D eigenvalue weighted by Crippen LogP contribution is -1.91. The maximum absolute atomic E-state index is 10.3. The van der Waals surface area contributed by atoms with E-state index >= 15 is 0 Å². The van der Waals surface area contributed by atoms with Crippen LogP contribution in [0.15, 0.2) is 18.5 Å². The van der Waals surface area contributed by atoms with Crippen LogP contribution in [0, 0.1) is 10.1 Å². The highest BCUT2D eigenvalue weighted by Gasteiger charge is 2.26. The fourth-order valence-corrected chi connectivity index (χ4v) is 0.961. The second-order valence-corrected chi connectivity index (χ2v) is 2.56. The molecule has 1 aliphatic heterocycles. The SMILES string of the molecule is O=[N+]([O-])c1cncc(C2CO2)c1. The van der Waals surface area contributed by atoms with Crippen LogP contribution in [0.5, 0.6) is 0 Å². The zero-order valence-electron chi connectivity index (χ0n) is 6.14. The first-order chi connectivity index (χ1) is 5.77. The van der Waals surface area contributed by atoms with E-state index in [4.69, 9.17) is 4.74 Å². The van der Waals surface area contributed by atoms with Gasteiger partial charge in [0.15, 0.2) is 0 Å². The van der Waals surface area contributed by atoms with Gasteiger partial charge in [-0.3, -0.25) is 15.1 Å². The molecule has 1 fully saturated rings. The molecule has 0 N–H and O–H groups in total. The van der Waals surface area contributed by atoms with Gasteiger partial charge in [0.05, 0.1) is 11.5 Å². The largest absolute Gasteiger partial charge is 0.368 e. The van der Waals surface area contributed by atoms with Crippen molar-refractivity contribution in [2.75, 3.05) is 6.61 Å². The van der Waals surface area contributed by atoms with E-state index in [1.807, 2.05) is 0 Å². The van der Waals surface area contributed by atoms with E-state index in [2.05, 4.69) is 4.98 Å². The van der Waals surface area contributed by atoms with E-state index in [-0.39, 0.29) is 11.8 Å². The summed E-state index contributed by atoms with van der Waals surface area (Å²) in [6, 6.07) is 1.49. The summed E-state index contributed by atoms with van der Waals surface area (Å²) >= 11 is 0. The number of pyridine rings is 1. The summed E-state index contributed by atoms with van der Waals surface area (Å²) in [7, 11) is 0. The minimum Gasteiger partial charge on any atom is -0.368 e. The molecule has 12 heavy (non-hydrogen) atoms. The molecule has 0 bridgehead atoms. The van der Waals surface area contributed by atoms with Crippen LogP contribution >= 0.6 is 0 Å². The third kappa shape index (κ3) is 1.26. The molecule has 0 aromatic carbocycles. The Balaban J connectivity index is 2.32. The minimum atomic E-state index is -0.459. The van der Waals surface area contributed by atoms with Crippen LogP contribution in [0.4, 0.5) is 5.69 Å². The maximum Gasteiger partial charge on any atom is 0.287 e. The average Bonchev–Trinajstić information content (AvgIpc) is 2.87. The molecule has 1 aromatic rings. The fourth-order valence-electron chi connectivity index (χ4n) is 0.961. The molecular weight excluding hydrogens is 160 g/mol. The summed E-state index contributed by atoms with van der Waals surface area (Å²) in [4.78, 5) is 13.6. The van der Waals surface area contributed by atoms with E-state index in [0.717, 1.165) is 5.56 Å². The highest BCUT2D eigenvalue weighted by atomic mass is 16.6. The molecule has 1 aromatic heterocycles. The van der Waals surface area contributed by atoms with Gasteiger partial charge in [-0.1, -0.05) is 0 Å². The van der Waals surface area contributed by atoms with Crippen molar-refractivity contribution in [3.8, 4) is 0 Å². The quantitative estimate of drug-likeness (QED) is 0.374. The first kappa shape index (κ1) is 7.17. The van der Waals surface area contributed by atoms with Gasteiger partial charge in [-0.15, -0.1) is 0 Å². The van der Waals surface area contributed by atoms with Crippen molar-refractivity contribution in [2.24, 2.45) is 0 Å². The number of rotatable bonds is 2. The Morgan fingerprint density at radius 3 is 3.00 bits per heavy atom. The van der Waals surface area contributed by atoms with E-state index in [9.17, 15) is 10.1 Å². The molecule has 5 heteroatoms. The summed E-state index contributed by atoms with van der Waals surface area (Å²) in [6.45, 7) is 0.642. The lowest BCUT2D eigenvalue weighted by molar-refractivity contribution is -0.385. The predicted octanol–water partition coefficient (Wildman–Crippen LogP) is 1.06. The maximum atomic E-state index is 10.3. The van der Waals surface area contributed by atoms with Crippen LogP contribution in [0.2, 0.25) is 0 Å². The first-order valence-electron chi connectivity index (χ1n) is 3.48. The van der Waals surface area contributed by atoms with Crippen molar-refractivity contribution in [1.29, 1.82) is 0 Å². The van der Waals surface area contributed by atoms with Crippen molar-refractivity contribution in [1.82, 2.24) is 4.98 Å². The van der Waals surface area contributed by atoms with Crippen molar-refractivity contribution >= 4 is 5.69 Å². The number of hydrogen-bond acceptors (Lipinski definition) is 4. The molecular formula is C7H6N2O3. The van der Waals surface area contributed by atoms with Gasteiger partial charge in [-0.05, 0) is 0 Å². The van der Waals surface area contributed by atoms with Crippen molar-refractivity contribution in [2.45, 2.75) is 6.10 Å². The number of hydrogen-bond donors (Lipinski definition) is 0. The lowest BCUT2D eigenvalue weighted by Gasteiger charge is -1.93. The smallest absolute Gasteiger partial charge is 0.287 e. The molecule has 1 aliphatic rings. The Morgan fingerprint density at radius 1 is 1.67 bits per heavy atom. The summed E-state index contributed by atoms with van der Waals surface area (Å²) in [5.41, 5.74) is 0.798. The van der Waals surface area contributed by atoms with Crippen LogP contribution in [0.1, 0.15) is 11.7 Å². The van der Waals surface area contributed by atoms with Crippen molar-refractivity contribution in [3.63, 3.8) is 0 Å². The molecule has 0 amide bonds. The Bertz CT molecular complexity index is 322. The van der Waals surface area contributed by atoms with Crippen molar-refractivity contribution in [3.05, 3.63) is 34.1 Å². The predicted molar refractivity (Wildman–Crippen MR) is 39.6 cm³/mol. The van der Waals surface area contributed by atoms with Gasteiger partial charge in [-0.2, -0.15) is 0 Å². The number of ether oxygens (including phenoxy) is 1. The standard InChI is InChI=1S/C7H6N2O3/c10-9(11)6-1-5(2-8-3-6)7-4-12-7/h1-3,7H,4H2. The molecule has 1 saturated heterocycles. The molecule has 62 valence electrons. The first-order valence-corrected chi connectivity index (χ1v) is 3.48. The van der Waals surface area contributed by atoms with Gasteiger partial charge >= 0.3 is 0 Å². The molecule has 0 saturated carbocycles. The number of aromatic nitrogens is 1. The van der Waals surface area contributed by atoms with E-state index in [1.165, 1.54) is 12.3 Å². The zero-order chi connectivity index (χ0) is 8.55. The average molecular weight is 166 g/mol. The third-order valence-electron chi connectivity index (χ3n) is 1.66. The third-order valence-corrected chi connectivity index (χ3v) is 1.66. The van der Waals surface area contributed by atoms with Gasteiger partial charge in [-0.25, -0.2) is 0 Å². The number of nitrogens with zero attached hydrogens (tertiary/aromatic N) is 2. The monoisotopic (exact) mass is 166 g/mol. The molecule has 0 aliphatic carbocycles. The second kappa shape index (κ2) is 2.53. The fraction of sp³-hybridized carbons (Fsp3) is 0.286. The Kier molecular flexibility index (Phi) is 1.51. The summed E-state index contributed by atoms with van der Waals surface area (Å²) < 4.78 is 4.97. The number of nitro groups is 1. The van der Waals surface area contributed by atoms with Crippen LogP contribution in [0.3, 0.4) is 0 Å². The molecule has 1 unspecified atom stereocenters. The zero-order valence-corrected chi connectivity index (χ0v) is 6.14. The molecule has 1 atom stereocenters. The molecule has 2 heterocycles. The van der Waals surface area contributed by atoms with Gasteiger partial charge in [0.1, 0.15) is 12.3 Å². The highest BCUT2D eigenvalue weighted by molar-refractivity contribution is 5.32. The van der Waals surface area contributed by atoms with E-state index < -0.39 is 4.92 Å². The van der Waals surface area contributed by atoms with E-state index in [1.54, 1.807) is 6.20 Å². The van der Waals surface area contributed by atoms with Gasteiger partial charge < -0.3 is 4.74 Å². The minimum absolute atomic E-state index is 0.0167.